The highest BCUT2D eigenvalue weighted by Gasteiger charge is 2.36. The molecule has 0 bridgehead atoms. The van der Waals surface area contributed by atoms with E-state index in [-0.39, 0.29) is 6.61 Å². The zero-order valence-corrected chi connectivity index (χ0v) is 14.4. The maximum Gasteiger partial charge on any atom is 0.500 e. The first-order valence-corrected chi connectivity index (χ1v) is 10.1. The van der Waals surface area contributed by atoms with Crippen LogP contribution in [0.3, 0.4) is 0 Å². The van der Waals surface area contributed by atoms with E-state index in [1.54, 1.807) is 21.3 Å². The molecule has 0 aliphatic carbocycles. The van der Waals surface area contributed by atoms with Crippen molar-refractivity contribution in [3.63, 3.8) is 0 Å². The molecule has 0 aromatic rings. The van der Waals surface area contributed by atoms with Crippen LogP contribution >= 0.6 is 0 Å². The third-order valence-electron chi connectivity index (χ3n) is 2.94. The van der Waals surface area contributed by atoms with Crippen molar-refractivity contribution in [1.29, 1.82) is 0 Å². The highest BCUT2D eigenvalue weighted by atomic mass is 28.4. The lowest BCUT2D eigenvalue weighted by atomic mass is 10.2. The normalized spacial score (nSPS) is 12.7. The Hall–Kier alpha value is 0.234. The van der Waals surface area contributed by atoms with Crippen LogP contribution in [0.4, 0.5) is 0 Å². The molecule has 1 N–H and O–H groups in total. The molecule has 5 nitrogen and oxygen atoms in total. The van der Waals surface area contributed by atoms with Gasteiger partial charge in [-0.05, 0) is 12.5 Å². The fourth-order valence-electron chi connectivity index (χ4n) is 1.80. The molecular formula is C11H28O5Si2. The van der Waals surface area contributed by atoms with E-state index >= 15 is 0 Å². The van der Waals surface area contributed by atoms with Crippen molar-refractivity contribution in [1.82, 2.24) is 0 Å². The fourth-order valence-corrected chi connectivity index (χ4v) is 4.69. The molecule has 0 atom stereocenters. The van der Waals surface area contributed by atoms with E-state index < -0.39 is 18.6 Å². The Morgan fingerprint density at radius 2 is 1.56 bits per heavy atom. The van der Waals surface area contributed by atoms with Gasteiger partial charge in [-0.15, -0.1) is 0 Å². The molecule has 0 heterocycles. The maximum absolute atomic E-state index is 8.55. The lowest BCUT2D eigenvalue weighted by Crippen LogP contribution is -2.42. The minimum absolute atomic E-state index is 0.144. The smallest absolute Gasteiger partial charge is 0.422 e. The monoisotopic (exact) mass is 296 g/mol. The molecule has 0 aromatic carbocycles. The molecule has 0 saturated heterocycles. The second-order valence-corrected chi connectivity index (χ2v) is 8.76. The third-order valence-corrected chi connectivity index (χ3v) is 7.14. The van der Waals surface area contributed by atoms with Crippen LogP contribution in [-0.2, 0) is 17.7 Å². The van der Waals surface area contributed by atoms with Gasteiger partial charge in [-0.3, -0.25) is 0 Å². The van der Waals surface area contributed by atoms with Gasteiger partial charge in [-0.2, -0.15) is 0 Å². The molecule has 0 aromatic heterocycles. The Balaban J connectivity index is 3.38. The van der Waals surface area contributed by atoms with E-state index in [1.165, 1.54) is 25.3 Å². The van der Waals surface area contributed by atoms with Crippen LogP contribution in [0.25, 0.3) is 0 Å². The van der Waals surface area contributed by atoms with Crippen molar-refractivity contribution in [2.24, 2.45) is 0 Å². The Kier molecular flexibility index (Phi) is 12.4. The largest absolute Gasteiger partial charge is 0.500 e. The van der Waals surface area contributed by atoms with Crippen molar-refractivity contribution in [2.75, 3.05) is 34.5 Å². The van der Waals surface area contributed by atoms with Gasteiger partial charge in [-0.25, -0.2) is 0 Å². The van der Waals surface area contributed by atoms with Crippen LogP contribution in [0.5, 0.6) is 0 Å². The van der Waals surface area contributed by atoms with Gasteiger partial charge < -0.3 is 22.8 Å². The standard InChI is InChI=1S/C11H28O5Si2/c1-13-18(14-2,15-3)11-7-5-4-6-10-17-16-9-8-12/h12H,4-11,17H2,1-3H3. The molecule has 0 fully saturated rings. The predicted molar refractivity (Wildman–Crippen MR) is 76.4 cm³/mol. The highest BCUT2D eigenvalue weighted by molar-refractivity contribution is 6.60. The van der Waals surface area contributed by atoms with E-state index in [4.69, 9.17) is 22.8 Å². The molecular weight excluding hydrogens is 268 g/mol. The van der Waals surface area contributed by atoms with Gasteiger partial charge in [0, 0.05) is 27.4 Å². The van der Waals surface area contributed by atoms with Gasteiger partial charge >= 0.3 is 8.80 Å². The van der Waals surface area contributed by atoms with Gasteiger partial charge in [0.05, 0.1) is 13.2 Å². The molecule has 0 unspecified atom stereocenters. The first-order chi connectivity index (χ1) is 8.74. The summed E-state index contributed by atoms with van der Waals surface area (Å²) in [6.07, 6.45) is 4.70. The van der Waals surface area contributed by atoms with Crippen molar-refractivity contribution >= 4 is 18.6 Å². The Bertz CT molecular complexity index is 171. The van der Waals surface area contributed by atoms with Crippen LogP contribution < -0.4 is 0 Å². The fraction of sp³-hybridized carbons (Fsp3) is 1.00. The number of aliphatic hydroxyl groups is 1. The molecule has 7 heteroatoms. The molecule has 0 rings (SSSR count). The van der Waals surface area contributed by atoms with Crippen molar-refractivity contribution in [3.05, 3.63) is 0 Å². The predicted octanol–water partition coefficient (Wildman–Crippen LogP) is 0.936. The molecule has 0 spiro atoms. The number of rotatable bonds is 13. The molecule has 0 amide bonds. The van der Waals surface area contributed by atoms with Crippen LogP contribution in [0, 0.1) is 0 Å². The Labute approximate surface area is 114 Å². The second-order valence-electron chi connectivity index (χ2n) is 4.15. The topological polar surface area (TPSA) is 57.2 Å². The highest BCUT2D eigenvalue weighted by Crippen LogP contribution is 2.17. The van der Waals surface area contributed by atoms with Crippen molar-refractivity contribution in [2.45, 2.75) is 37.8 Å². The zero-order chi connectivity index (χ0) is 13.7. The summed E-state index contributed by atoms with van der Waals surface area (Å²) < 4.78 is 21.4. The summed E-state index contributed by atoms with van der Waals surface area (Å²) in [6, 6.07) is 2.08. The molecule has 0 radical (unpaired) electrons. The summed E-state index contributed by atoms with van der Waals surface area (Å²) in [5, 5.41) is 8.55. The SMILES string of the molecule is CO[Si](CCCCCC[SiH2]OCCO)(OC)OC. The summed E-state index contributed by atoms with van der Waals surface area (Å²) in [4.78, 5) is 0. The quantitative estimate of drug-likeness (QED) is 0.405. The minimum Gasteiger partial charge on any atom is -0.422 e. The Morgan fingerprint density at radius 3 is 2.11 bits per heavy atom. The van der Waals surface area contributed by atoms with Crippen LogP contribution in [0.2, 0.25) is 12.1 Å². The Morgan fingerprint density at radius 1 is 0.944 bits per heavy atom. The molecule has 0 aliphatic heterocycles. The van der Waals surface area contributed by atoms with Crippen LogP contribution in [0.15, 0.2) is 0 Å². The summed E-state index contributed by atoms with van der Waals surface area (Å²) >= 11 is 0. The average Bonchev–Trinajstić information content (AvgIpc) is 2.42. The molecule has 18 heavy (non-hydrogen) atoms. The van der Waals surface area contributed by atoms with Crippen molar-refractivity contribution < 1.29 is 22.8 Å². The number of hydrogen-bond acceptors (Lipinski definition) is 5. The molecule has 110 valence electrons. The summed E-state index contributed by atoms with van der Waals surface area (Å²) in [5.74, 6) is 0. The summed E-state index contributed by atoms with van der Waals surface area (Å²) in [7, 11) is 2.22. The number of unbranched alkanes of at least 4 members (excludes halogenated alkanes) is 3. The first kappa shape index (κ1) is 18.2. The second kappa shape index (κ2) is 12.3. The summed E-state index contributed by atoms with van der Waals surface area (Å²) in [5.41, 5.74) is 0. The minimum atomic E-state index is -2.35. The van der Waals surface area contributed by atoms with Gasteiger partial charge in [0.2, 0.25) is 0 Å². The number of aliphatic hydroxyl groups excluding tert-OH is 1. The van der Waals surface area contributed by atoms with Crippen LogP contribution in [-0.4, -0.2) is 58.2 Å². The number of hydrogen-bond donors (Lipinski definition) is 1. The zero-order valence-electron chi connectivity index (χ0n) is 11.9. The first-order valence-electron chi connectivity index (χ1n) is 6.58. The van der Waals surface area contributed by atoms with Gasteiger partial charge in [-0.1, -0.05) is 19.3 Å². The maximum atomic E-state index is 8.55. The van der Waals surface area contributed by atoms with Gasteiger partial charge in [0.15, 0.2) is 9.76 Å². The summed E-state index contributed by atoms with van der Waals surface area (Å²) in [6.45, 7) is 0.653. The van der Waals surface area contributed by atoms with E-state index in [0.29, 0.717) is 6.61 Å². The van der Waals surface area contributed by atoms with Crippen LogP contribution in [0.1, 0.15) is 25.7 Å². The van der Waals surface area contributed by atoms with E-state index in [1.807, 2.05) is 0 Å². The van der Waals surface area contributed by atoms with E-state index in [2.05, 4.69) is 0 Å². The van der Waals surface area contributed by atoms with Gasteiger partial charge in [0.25, 0.3) is 0 Å². The van der Waals surface area contributed by atoms with E-state index in [9.17, 15) is 0 Å². The third kappa shape index (κ3) is 8.36. The van der Waals surface area contributed by atoms with Crippen molar-refractivity contribution in [3.8, 4) is 0 Å². The lowest BCUT2D eigenvalue weighted by Gasteiger charge is -2.24. The van der Waals surface area contributed by atoms with Gasteiger partial charge in [0.1, 0.15) is 0 Å². The molecule has 0 aliphatic rings. The van der Waals surface area contributed by atoms with E-state index in [0.717, 1.165) is 12.5 Å². The average molecular weight is 297 g/mol. The molecule has 0 saturated carbocycles. The lowest BCUT2D eigenvalue weighted by molar-refractivity contribution is 0.122.